The highest BCUT2D eigenvalue weighted by molar-refractivity contribution is 7.99. The van der Waals surface area contributed by atoms with Crippen molar-refractivity contribution in [2.24, 2.45) is 11.8 Å². The predicted molar refractivity (Wildman–Crippen MR) is 61.6 cm³/mol. The number of thioether (sulfide) groups is 1. The van der Waals surface area contributed by atoms with Crippen molar-refractivity contribution < 1.29 is 5.11 Å². The molecular weight excluding hydrogens is 194 g/mol. The lowest BCUT2D eigenvalue weighted by molar-refractivity contribution is 0.250. The summed E-state index contributed by atoms with van der Waals surface area (Å²) in [4.78, 5) is 0. The van der Waals surface area contributed by atoms with Crippen molar-refractivity contribution in [3.05, 3.63) is 0 Å². The van der Waals surface area contributed by atoms with Gasteiger partial charge in [0.2, 0.25) is 0 Å². The standard InChI is InChI=1S/C11H21NOS/c13-8-11-6-10(7-12-11)5-9-1-3-14-4-2-9/h9-13H,1-8H2. The van der Waals surface area contributed by atoms with Gasteiger partial charge in [-0.05, 0) is 55.6 Å². The van der Waals surface area contributed by atoms with E-state index in [0.717, 1.165) is 18.4 Å². The van der Waals surface area contributed by atoms with Gasteiger partial charge in [-0.2, -0.15) is 11.8 Å². The molecule has 0 aliphatic carbocycles. The lowest BCUT2D eigenvalue weighted by atomic mass is 9.89. The average molecular weight is 215 g/mol. The summed E-state index contributed by atoms with van der Waals surface area (Å²) in [5.41, 5.74) is 0. The molecule has 0 bridgehead atoms. The summed E-state index contributed by atoms with van der Waals surface area (Å²) in [6.45, 7) is 1.45. The van der Waals surface area contributed by atoms with Crippen LogP contribution in [0.4, 0.5) is 0 Å². The van der Waals surface area contributed by atoms with Crippen molar-refractivity contribution in [2.45, 2.75) is 31.7 Å². The van der Waals surface area contributed by atoms with Crippen molar-refractivity contribution in [1.82, 2.24) is 5.32 Å². The molecule has 0 aromatic heterocycles. The molecule has 0 aromatic carbocycles. The van der Waals surface area contributed by atoms with Crippen molar-refractivity contribution in [3.63, 3.8) is 0 Å². The van der Waals surface area contributed by atoms with Crippen LogP contribution in [-0.4, -0.2) is 35.8 Å². The van der Waals surface area contributed by atoms with Gasteiger partial charge >= 0.3 is 0 Å². The minimum absolute atomic E-state index is 0.316. The Morgan fingerprint density at radius 3 is 2.64 bits per heavy atom. The third-order valence-electron chi connectivity index (χ3n) is 3.54. The normalized spacial score (nSPS) is 34.9. The van der Waals surface area contributed by atoms with Crippen LogP contribution >= 0.6 is 11.8 Å². The lowest BCUT2D eigenvalue weighted by Crippen LogP contribution is -2.24. The summed E-state index contributed by atoms with van der Waals surface area (Å²) in [6.07, 6.45) is 5.43. The quantitative estimate of drug-likeness (QED) is 0.748. The Bertz CT molecular complexity index is 171. The van der Waals surface area contributed by atoms with E-state index in [1.165, 1.54) is 37.2 Å². The highest BCUT2D eigenvalue weighted by atomic mass is 32.2. The minimum Gasteiger partial charge on any atom is -0.395 e. The van der Waals surface area contributed by atoms with Crippen molar-refractivity contribution in [3.8, 4) is 0 Å². The molecule has 82 valence electrons. The van der Waals surface area contributed by atoms with Crippen LogP contribution in [0.2, 0.25) is 0 Å². The van der Waals surface area contributed by atoms with Gasteiger partial charge in [-0.3, -0.25) is 0 Å². The van der Waals surface area contributed by atoms with E-state index < -0.39 is 0 Å². The van der Waals surface area contributed by atoms with E-state index >= 15 is 0 Å². The molecule has 2 atom stereocenters. The van der Waals surface area contributed by atoms with Gasteiger partial charge in [0.1, 0.15) is 0 Å². The Morgan fingerprint density at radius 2 is 2.00 bits per heavy atom. The van der Waals surface area contributed by atoms with Gasteiger partial charge in [-0.25, -0.2) is 0 Å². The van der Waals surface area contributed by atoms with Gasteiger partial charge in [-0.1, -0.05) is 0 Å². The predicted octanol–water partition coefficient (Wildman–Crippen LogP) is 1.49. The van der Waals surface area contributed by atoms with Crippen molar-refractivity contribution in [2.75, 3.05) is 24.7 Å². The van der Waals surface area contributed by atoms with Crippen LogP contribution in [0.1, 0.15) is 25.7 Å². The third kappa shape index (κ3) is 2.88. The summed E-state index contributed by atoms with van der Waals surface area (Å²) in [5.74, 6) is 4.54. The zero-order valence-corrected chi connectivity index (χ0v) is 9.56. The van der Waals surface area contributed by atoms with E-state index in [4.69, 9.17) is 5.11 Å². The number of hydrogen-bond donors (Lipinski definition) is 2. The van der Waals surface area contributed by atoms with Crippen molar-refractivity contribution >= 4 is 11.8 Å². The van der Waals surface area contributed by atoms with Crippen LogP contribution in [0.25, 0.3) is 0 Å². The SMILES string of the molecule is OCC1CC(CC2CCSCC2)CN1. The molecular formula is C11H21NOS. The number of aliphatic hydroxyl groups excluding tert-OH is 1. The van der Waals surface area contributed by atoms with Gasteiger partial charge in [0.25, 0.3) is 0 Å². The lowest BCUT2D eigenvalue weighted by Gasteiger charge is -2.23. The molecule has 14 heavy (non-hydrogen) atoms. The smallest absolute Gasteiger partial charge is 0.0584 e. The van der Waals surface area contributed by atoms with Crippen LogP contribution in [-0.2, 0) is 0 Å². The van der Waals surface area contributed by atoms with Crippen LogP contribution in [0.5, 0.6) is 0 Å². The van der Waals surface area contributed by atoms with Crippen LogP contribution in [0.3, 0.4) is 0 Å². The van der Waals surface area contributed by atoms with E-state index in [1.807, 2.05) is 0 Å². The van der Waals surface area contributed by atoms with Crippen LogP contribution in [0.15, 0.2) is 0 Å². The molecule has 2 aliphatic rings. The zero-order chi connectivity index (χ0) is 9.80. The van der Waals surface area contributed by atoms with Gasteiger partial charge in [0.05, 0.1) is 6.61 Å². The first kappa shape index (κ1) is 10.8. The number of aliphatic hydroxyl groups is 1. The molecule has 3 heteroatoms. The van der Waals surface area contributed by atoms with Gasteiger partial charge in [0.15, 0.2) is 0 Å². The first-order valence-corrected chi connectivity index (χ1v) is 6.96. The first-order chi connectivity index (χ1) is 6.88. The fourth-order valence-electron chi connectivity index (χ4n) is 2.67. The van der Waals surface area contributed by atoms with Gasteiger partial charge in [0, 0.05) is 6.04 Å². The van der Waals surface area contributed by atoms with Gasteiger partial charge < -0.3 is 10.4 Å². The number of nitrogens with one attached hydrogen (secondary N) is 1. The molecule has 2 fully saturated rings. The molecule has 0 spiro atoms. The molecule has 2 N–H and O–H groups in total. The minimum atomic E-state index is 0.316. The molecule has 2 heterocycles. The Hall–Kier alpha value is 0.270. The zero-order valence-electron chi connectivity index (χ0n) is 8.74. The molecule has 2 rings (SSSR count). The molecule has 0 amide bonds. The van der Waals surface area contributed by atoms with E-state index in [2.05, 4.69) is 17.1 Å². The van der Waals surface area contributed by atoms with Crippen LogP contribution in [0, 0.1) is 11.8 Å². The highest BCUT2D eigenvalue weighted by Crippen LogP contribution is 2.30. The van der Waals surface area contributed by atoms with E-state index in [1.54, 1.807) is 0 Å². The first-order valence-electron chi connectivity index (χ1n) is 5.80. The second-order valence-corrected chi connectivity index (χ2v) is 5.91. The number of hydrogen-bond acceptors (Lipinski definition) is 3. The molecule has 0 radical (unpaired) electrons. The maximum absolute atomic E-state index is 9.02. The summed E-state index contributed by atoms with van der Waals surface area (Å²) in [7, 11) is 0. The second-order valence-electron chi connectivity index (χ2n) is 4.68. The Balaban J connectivity index is 1.69. The molecule has 2 unspecified atom stereocenters. The number of rotatable bonds is 3. The summed E-state index contributed by atoms with van der Waals surface area (Å²) in [5, 5.41) is 12.4. The summed E-state index contributed by atoms with van der Waals surface area (Å²) >= 11 is 2.11. The Kier molecular flexibility index (Phi) is 4.14. The maximum atomic E-state index is 9.02. The van der Waals surface area contributed by atoms with Gasteiger partial charge in [-0.15, -0.1) is 0 Å². The summed E-state index contributed by atoms with van der Waals surface area (Å²) < 4.78 is 0. The Morgan fingerprint density at radius 1 is 1.21 bits per heavy atom. The van der Waals surface area contributed by atoms with E-state index in [0.29, 0.717) is 12.6 Å². The molecule has 2 nitrogen and oxygen atoms in total. The van der Waals surface area contributed by atoms with Crippen LogP contribution < -0.4 is 5.32 Å². The fourth-order valence-corrected chi connectivity index (χ4v) is 3.88. The van der Waals surface area contributed by atoms with E-state index in [9.17, 15) is 0 Å². The monoisotopic (exact) mass is 215 g/mol. The van der Waals surface area contributed by atoms with E-state index in [-0.39, 0.29) is 0 Å². The topological polar surface area (TPSA) is 32.3 Å². The molecule has 2 aliphatic heterocycles. The maximum Gasteiger partial charge on any atom is 0.0584 e. The molecule has 0 saturated carbocycles. The fraction of sp³-hybridized carbons (Fsp3) is 1.00. The summed E-state index contributed by atoms with van der Waals surface area (Å²) in [6, 6.07) is 0.387. The molecule has 2 saturated heterocycles. The van der Waals surface area contributed by atoms with Crippen molar-refractivity contribution in [1.29, 1.82) is 0 Å². The molecule has 0 aromatic rings. The second kappa shape index (κ2) is 5.38. The third-order valence-corrected chi connectivity index (χ3v) is 4.59. The largest absolute Gasteiger partial charge is 0.395 e. The highest BCUT2D eigenvalue weighted by Gasteiger charge is 2.26. The average Bonchev–Trinajstić information content (AvgIpc) is 2.67. The Labute approximate surface area is 90.8 Å².